The highest BCUT2D eigenvalue weighted by molar-refractivity contribution is 7.10. The number of rotatable bonds is 3. The third kappa shape index (κ3) is 2.23. The van der Waals surface area contributed by atoms with Gasteiger partial charge in [0.2, 0.25) is 5.91 Å². The number of amides is 1. The first-order valence-electron chi connectivity index (χ1n) is 6.42. The second kappa shape index (κ2) is 5.34. The van der Waals surface area contributed by atoms with Crippen molar-refractivity contribution >= 4 is 22.9 Å². The van der Waals surface area contributed by atoms with Crippen molar-refractivity contribution in [2.24, 2.45) is 0 Å². The van der Waals surface area contributed by atoms with Gasteiger partial charge in [-0.05, 0) is 35.7 Å². The fraction of sp³-hybridized carbons (Fsp3) is 0.267. The first kappa shape index (κ1) is 13.3. The number of carbonyl (C=O) groups excluding carboxylic acids is 1. The van der Waals surface area contributed by atoms with E-state index >= 15 is 0 Å². The number of thiophene rings is 1. The van der Waals surface area contributed by atoms with E-state index in [9.17, 15) is 14.3 Å². The van der Waals surface area contributed by atoms with Gasteiger partial charge in [0.15, 0.2) is 0 Å². The fourth-order valence-electron chi connectivity index (χ4n) is 2.73. The summed E-state index contributed by atoms with van der Waals surface area (Å²) in [5, 5.41) is 11.6. The van der Waals surface area contributed by atoms with Gasteiger partial charge in [-0.2, -0.15) is 0 Å². The van der Waals surface area contributed by atoms with Crippen molar-refractivity contribution < 1.29 is 14.3 Å². The van der Waals surface area contributed by atoms with Crippen molar-refractivity contribution in [1.29, 1.82) is 0 Å². The topological polar surface area (TPSA) is 40.5 Å². The Bertz CT molecular complexity index is 597. The third-order valence-corrected chi connectivity index (χ3v) is 4.66. The van der Waals surface area contributed by atoms with Crippen molar-refractivity contribution in [3.63, 3.8) is 0 Å². The van der Waals surface area contributed by atoms with Crippen molar-refractivity contribution in [1.82, 2.24) is 0 Å². The summed E-state index contributed by atoms with van der Waals surface area (Å²) in [6.07, 6.45) is 0.378. The average molecular weight is 291 g/mol. The van der Waals surface area contributed by atoms with Crippen LogP contribution in [0.5, 0.6) is 0 Å². The van der Waals surface area contributed by atoms with Gasteiger partial charge in [0, 0.05) is 22.9 Å². The van der Waals surface area contributed by atoms with Gasteiger partial charge in [-0.1, -0.05) is 6.07 Å². The zero-order valence-corrected chi connectivity index (χ0v) is 11.5. The van der Waals surface area contributed by atoms with Gasteiger partial charge in [0.1, 0.15) is 5.82 Å². The molecule has 0 unspecified atom stereocenters. The Balaban J connectivity index is 1.94. The lowest BCUT2D eigenvalue weighted by Crippen LogP contribution is -2.37. The minimum atomic E-state index is -0.337. The Morgan fingerprint density at radius 1 is 1.30 bits per heavy atom. The summed E-state index contributed by atoms with van der Waals surface area (Å²) >= 11 is 1.59. The van der Waals surface area contributed by atoms with Crippen molar-refractivity contribution in [3.8, 4) is 0 Å². The molecule has 2 aromatic rings. The van der Waals surface area contributed by atoms with E-state index in [2.05, 4.69) is 0 Å². The Morgan fingerprint density at radius 3 is 2.65 bits per heavy atom. The number of benzene rings is 1. The molecule has 1 fully saturated rings. The SMILES string of the molecule is O=C1C[C@@H](c2cccs2)[C@H](CO)N1c1ccc(F)cc1. The Kier molecular flexibility index (Phi) is 3.54. The third-order valence-electron chi connectivity index (χ3n) is 3.66. The molecule has 1 aliphatic heterocycles. The van der Waals surface area contributed by atoms with Gasteiger partial charge in [0.05, 0.1) is 12.6 Å². The van der Waals surface area contributed by atoms with Crippen LogP contribution < -0.4 is 4.90 Å². The van der Waals surface area contributed by atoms with Crippen LogP contribution in [0.3, 0.4) is 0 Å². The second-order valence-electron chi connectivity index (χ2n) is 4.82. The van der Waals surface area contributed by atoms with Crippen LogP contribution in [0.15, 0.2) is 41.8 Å². The van der Waals surface area contributed by atoms with Crippen molar-refractivity contribution in [2.75, 3.05) is 11.5 Å². The van der Waals surface area contributed by atoms with Crippen molar-refractivity contribution in [2.45, 2.75) is 18.4 Å². The van der Waals surface area contributed by atoms with E-state index in [4.69, 9.17) is 0 Å². The lowest BCUT2D eigenvalue weighted by Gasteiger charge is -2.26. The van der Waals surface area contributed by atoms with Gasteiger partial charge < -0.3 is 10.0 Å². The predicted molar refractivity (Wildman–Crippen MR) is 76.4 cm³/mol. The number of nitrogens with zero attached hydrogens (tertiary/aromatic N) is 1. The van der Waals surface area contributed by atoms with Crippen LogP contribution in [0.4, 0.5) is 10.1 Å². The predicted octanol–water partition coefficient (Wildman–Crippen LogP) is 2.77. The van der Waals surface area contributed by atoms with Crippen LogP contribution in [-0.2, 0) is 4.79 Å². The van der Waals surface area contributed by atoms with E-state index in [1.165, 1.54) is 12.1 Å². The summed E-state index contributed by atoms with van der Waals surface area (Å²) in [5.74, 6) is -0.373. The molecule has 3 nitrogen and oxygen atoms in total. The molecule has 0 spiro atoms. The van der Waals surface area contributed by atoms with E-state index in [0.717, 1.165) is 4.88 Å². The molecule has 20 heavy (non-hydrogen) atoms. The molecule has 5 heteroatoms. The monoisotopic (exact) mass is 291 g/mol. The molecule has 3 rings (SSSR count). The number of hydrogen-bond donors (Lipinski definition) is 1. The molecular weight excluding hydrogens is 277 g/mol. The van der Waals surface area contributed by atoms with E-state index < -0.39 is 0 Å². The molecule has 1 saturated heterocycles. The molecule has 1 aromatic heterocycles. The van der Waals surface area contributed by atoms with Crippen LogP contribution in [0.2, 0.25) is 0 Å². The van der Waals surface area contributed by atoms with E-state index in [0.29, 0.717) is 12.1 Å². The molecule has 1 amide bonds. The highest BCUT2D eigenvalue weighted by Gasteiger charge is 2.41. The van der Waals surface area contributed by atoms with E-state index in [-0.39, 0.29) is 30.3 Å². The number of carbonyl (C=O) groups is 1. The van der Waals surface area contributed by atoms with E-state index in [1.54, 1.807) is 28.4 Å². The molecule has 1 aromatic carbocycles. The minimum absolute atomic E-state index is 0.00227. The highest BCUT2D eigenvalue weighted by Crippen LogP contribution is 2.39. The maximum Gasteiger partial charge on any atom is 0.228 e. The first-order valence-corrected chi connectivity index (χ1v) is 7.30. The highest BCUT2D eigenvalue weighted by atomic mass is 32.1. The van der Waals surface area contributed by atoms with Gasteiger partial charge in [-0.3, -0.25) is 4.79 Å². The molecular formula is C15H14FNO2S. The van der Waals surface area contributed by atoms with E-state index in [1.807, 2.05) is 17.5 Å². The molecule has 2 heterocycles. The quantitative estimate of drug-likeness (QED) is 0.944. The summed E-state index contributed by atoms with van der Waals surface area (Å²) in [6, 6.07) is 9.45. The molecule has 1 N–H and O–H groups in total. The Hall–Kier alpha value is -1.72. The molecule has 0 radical (unpaired) electrons. The zero-order valence-electron chi connectivity index (χ0n) is 10.7. The van der Waals surface area contributed by atoms with Crippen LogP contribution >= 0.6 is 11.3 Å². The number of anilines is 1. The Morgan fingerprint density at radius 2 is 2.05 bits per heavy atom. The summed E-state index contributed by atoms with van der Waals surface area (Å²) in [7, 11) is 0. The molecule has 0 aliphatic carbocycles. The number of halogens is 1. The zero-order chi connectivity index (χ0) is 14.1. The molecule has 104 valence electrons. The lowest BCUT2D eigenvalue weighted by atomic mass is 9.99. The number of aliphatic hydroxyl groups is 1. The summed E-state index contributed by atoms with van der Waals surface area (Å²) < 4.78 is 13.0. The number of hydrogen-bond acceptors (Lipinski definition) is 3. The largest absolute Gasteiger partial charge is 0.394 e. The minimum Gasteiger partial charge on any atom is -0.394 e. The van der Waals surface area contributed by atoms with Crippen LogP contribution in [0.1, 0.15) is 17.2 Å². The Labute approximate surface area is 120 Å². The average Bonchev–Trinajstić information content (AvgIpc) is 3.07. The standard InChI is InChI=1S/C15H14FNO2S/c16-10-3-5-11(6-4-10)17-13(9-18)12(8-15(17)19)14-2-1-7-20-14/h1-7,12-13,18H,8-9H2/t12-,13+/m1/s1. The van der Waals surface area contributed by atoms with Crippen LogP contribution in [0, 0.1) is 5.82 Å². The number of aliphatic hydroxyl groups excluding tert-OH is 1. The summed E-state index contributed by atoms with van der Waals surface area (Å²) in [5.41, 5.74) is 0.634. The normalized spacial score (nSPS) is 22.5. The van der Waals surface area contributed by atoms with Gasteiger partial charge in [0.25, 0.3) is 0 Å². The lowest BCUT2D eigenvalue weighted by molar-refractivity contribution is -0.117. The first-order chi connectivity index (χ1) is 9.70. The fourth-order valence-corrected chi connectivity index (χ4v) is 3.61. The molecule has 2 atom stereocenters. The van der Waals surface area contributed by atoms with Crippen LogP contribution in [-0.4, -0.2) is 23.7 Å². The van der Waals surface area contributed by atoms with Crippen molar-refractivity contribution in [3.05, 3.63) is 52.5 Å². The maximum absolute atomic E-state index is 13.0. The molecule has 1 aliphatic rings. The second-order valence-corrected chi connectivity index (χ2v) is 5.80. The van der Waals surface area contributed by atoms with Gasteiger partial charge >= 0.3 is 0 Å². The van der Waals surface area contributed by atoms with Gasteiger partial charge in [-0.25, -0.2) is 4.39 Å². The molecule has 0 saturated carbocycles. The van der Waals surface area contributed by atoms with Crippen LogP contribution in [0.25, 0.3) is 0 Å². The smallest absolute Gasteiger partial charge is 0.228 e. The summed E-state index contributed by atoms with van der Waals surface area (Å²) in [4.78, 5) is 14.9. The molecule has 0 bridgehead atoms. The van der Waals surface area contributed by atoms with Gasteiger partial charge in [-0.15, -0.1) is 11.3 Å². The maximum atomic E-state index is 13.0. The summed E-state index contributed by atoms with van der Waals surface area (Å²) in [6.45, 7) is -0.105.